The van der Waals surface area contributed by atoms with E-state index >= 15 is 0 Å². The molecule has 3 aromatic rings. The summed E-state index contributed by atoms with van der Waals surface area (Å²) in [4.78, 5) is 16.3. The smallest absolute Gasteiger partial charge is 0.331 e. The molecule has 1 saturated carbocycles. The standard InChI is InChI=1S/C20H20N2O3/c1-13-11-15(14(2)22(13)16-8-9-16)7-10-20(23)24-12-19-21-17-5-3-4-6-18(17)25-19/h3-7,10-11,16H,8-9,12H2,1-2H3/b10-7+. The maximum atomic E-state index is 12.0. The zero-order valence-electron chi connectivity index (χ0n) is 14.4. The van der Waals surface area contributed by atoms with Crippen LogP contribution < -0.4 is 0 Å². The lowest BCUT2D eigenvalue weighted by atomic mass is 10.2. The molecule has 25 heavy (non-hydrogen) atoms. The lowest BCUT2D eigenvalue weighted by Gasteiger charge is -2.06. The van der Waals surface area contributed by atoms with Gasteiger partial charge in [-0.25, -0.2) is 9.78 Å². The van der Waals surface area contributed by atoms with Gasteiger partial charge in [-0.3, -0.25) is 0 Å². The first kappa shape index (κ1) is 15.7. The molecular formula is C20H20N2O3. The van der Waals surface area contributed by atoms with Gasteiger partial charge in [0.15, 0.2) is 12.2 Å². The molecule has 2 heterocycles. The highest BCUT2D eigenvalue weighted by molar-refractivity contribution is 5.87. The van der Waals surface area contributed by atoms with Crippen LogP contribution in [-0.4, -0.2) is 15.5 Å². The first-order valence-electron chi connectivity index (χ1n) is 8.49. The van der Waals surface area contributed by atoms with E-state index < -0.39 is 5.97 Å². The summed E-state index contributed by atoms with van der Waals surface area (Å²) in [5.41, 5.74) is 4.94. The number of esters is 1. The Morgan fingerprint density at radius 3 is 2.92 bits per heavy atom. The maximum absolute atomic E-state index is 12.0. The van der Waals surface area contributed by atoms with Gasteiger partial charge in [0.05, 0.1) is 0 Å². The van der Waals surface area contributed by atoms with Gasteiger partial charge in [-0.05, 0) is 56.5 Å². The molecule has 0 unspecified atom stereocenters. The van der Waals surface area contributed by atoms with Crippen molar-refractivity contribution in [2.75, 3.05) is 0 Å². The monoisotopic (exact) mass is 336 g/mol. The third kappa shape index (κ3) is 3.22. The SMILES string of the molecule is Cc1cc(/C=C/C(=O)OCc2nc3ccccc3o2)c(C)n1C1CC1. The van der Waals surface area contributed by atoms with Crippen LogP contribution in [-0.2, 0) is 16.1 Å². The van der Waals surface area contributed by atoms with E-state index in [-0.39, 0.29) is 6.61 Å². The Balaban J connectivity index is 1.40. The molecule has 5 heteroatoms. The van der Waals surface area contributed by atoms with E-state index in [9.17, 15) is 4.79 Å². The Morgan fingerprint density at radius 1 is 1.36 bits per heavy atom. The number of aryl methyl sites for hydroxylation is 1. The quantitative estimate of drug-likeness (QED) is 0.514. The van der Waals surface area contributed by atoms with Gasteiger partial charge in [-0.2, -0.15) is 0 Å². The molecule has 0 amide bonds. The molecule has 1 fully saturated rings. The normalized spacial score (nSPS) is 14.5. The first-order chi connectivity index (χ1) is 12.1. The number of hydrogen-bond acceptors (Lipinski definition) is 4. The van der Waals surface area contributed by atoms with Crippen LogP contribution in [0, 0.1) is 13.8 Å². The van der Waals surface area contributed by atoms with Crippen LogP contribution in [0.1, 0.15) is 41.7 Å². The van der Waals surface area contributed by atoms with Crippen LogP contribution in [0.15, 0.2) is 40.8 Å². The summed E-state index contributed by atoms with van der Waals surface area (Å²) in [6.07, 6.45) is 5.76. The number of aromatic nitrogens is 2. The van der Waals surface area contributed by atoms with Crippen molar-refractivity contribution >= 4 is 23.1 Å². The van der Waals surface area contributed by atoms with Crippen molar-refractivity contribution in [2.45, 2.75) is 39.3 Å². The number of hydrogen-bond donors (Lipinski definition) is 0. The fourth-order valence-electron chi connectivity index (χ4n) is 3.19. The molecular weight excluding hydrogens is 316 g/mol. The Kier molecular flexibility index (Phi) is 3.92. The van der Waals surface area contributed by atoms with Gasteiger partial charge in [0, 0.05) is 23.5 Å². The zero-order valence-corrected chi connectivity index (χ0v) is 14.4. The number of carbonyl (C=O) groups excluding carboxylic acids is 1. The van der Waals surface area contributed by atoms with E-state index in [1.807, 2.05) is 30.3 Å². The Morgan fingerprint density at radius 2 is 2.16 bits per heavy atom. The lowest BCUT2D eigenvalue weighted by Crippen LogP contribution is -2.01. The van der Waals surface area contributed by atoms with E-state index in [0.29, 0.717) is 17.5 Å². The van der Waals surface area contributed by atoms with Crippen LogP contribution in [0.25, 0.3) is 17.2 Å². The molecule has 0 atom stereocenters. The lowest BCUT2D eigenvalue weighted by molar-refractivity contribution is -0.139. The highest BCUT2D eigenvalue weighted by Crippen LogP contribution is 2.38. The van der Waals surface area contributed by atoms with Crippen LogP contribution in [0.4, 0.5) is 0 Å². The predicted molar refractivity (Wildman–Crippen MR) is 95.0 cm³/mol. The molecule has 128 valence electrons. The molecule has 0 saturated heterocycles. The van der Waals surface area contributed by atoms with E-state index in [4.69, 9.17) is 9.15 Å². The van der Waals surface area contributed by atoms with Crippen LogP contribution in [0.3, 0.4) is 0 Å². The average Bonchev–Trinajstić information content (AvgIpc) is 3.27. The second-order valence-corrected chi connectivity index (χ2v) is 6.44. The fraction of sp³-hybridized carbons (Fsp3) is 0.300. The van der Waals surface area contributed by atoms with Crippen LogP contribution in [0.2, 0.25) is 0 Å². The summed E-state index contributed by atoms with van der Waals surface area (Å²) < 4.78 is 13.1. The second-order valence-electron chi connectivity index (χ2n) is 6.44. The maximum Gasteiger partial charge on any atom is 0.331 e. The Bertz CT molecular complexity index is 928. The van der Waals surface area contributed by atoms with Crippen molar-refractivity contribution in [1.29, 1.82) is 0 Å². The molecule has 0 radical (unpaired) electrons. The number of oxazole rings is 1. The van der Waals surface area contributed by atoms with Crippen molar-refractivity contribution in [1.82, 2.24) is 9.55 Å². The topological polar surface area (TPSA) is 57.3 Å². The second kappa shape index (κ2) is 6.24. The predicted octanol–water partition coefficient (Wildman–Crippen LogP) is 4.34. The van der Waals surface area contributed by atoms with Crippen molar-refractivity contribution in [3.05, 3.63) is 59.2 Å². The molecule has 1 aliphatic rings. The molecule has 4 rings (SSSR count). The Hall–Kier alpha value is -2.82. The minimum Gasteiger partial charge on any atom is -0.453 e. The van der Waals surface area contributed by atoms with Crippen LogP contribution >= 0.6 is 0 Å². The Labute approximate surface area is 145 Å². The number of rotatable bonds is 5. The molecule has 0 bridgehead atoms. The molecule has 0 aliphatic heterocycles. The van der Waals surface area contributed by atoms with E-state index in [2.05, 4.69) is 29.5 Å². The van der Waals surface area contributed by atoms with Crippen molar-refractivity contribution < 1.29 is 13.9 Å². The largest absolute Gasteiger partial charge is 0.453 e. The summed E-state index contributed by atoms with van der Waals surface area (Å²) in [5.74, 6) is -0.00616. The van der Waals surface area contributed by atoms with E-state index in [1.165, 1.54) is 30.3 Å². The van der Waals surface area contributed by atoms with Gasteiger partial charge in [0.25, 0.3) is 0 Å². The van der Waals surface area contributed by atoms with Gasteiger partial charge in [0.1, 0.15) is 5.52 Å². The average molecular weight is 336 g/mol. The number of para-hydroxylation sites is 2. The fourth-order valence-corrected chi connectivity index (χ4v) is 3.19. The third-order valence-electron chi connectivity index (χ3n) is 4.51. The molecule has 0 spiro atoms. The highest BCUT2D eigenvalue weighted by atomic mass is 16.5. The van der Waals surface area contributed by atoms with Gasteiger partial charge in [0.2, 0.25) is 5.89 Å². The van der Waals surface area contributed by atoms with Crippen molar-refractivity contribution in [2.24, 2.45) is 0 Å². The highest BCUT2D eigenvalue weighted by Gasteiger charge is 2.26. The molecule has 5 nitrogen and oxygen atoms in total. The number of fused-ring (bicyclic) bond motifs is 1. The summed E-state index contributed by atoms with van der Waals surface area (Å²) in [7, 11) is 0. The minimum atomic E-state index is -0.404. The molecule has 1 aromatic carbocycles. The van der Waals surface area contributed by atoms with E-state index in [1.54, 1.807) is 0 Å². The number of nitrogens with zero attached hydrogens (tertiary/aromatic N) is 2. The number of benzene rings is 1. The summed E-state index contributed by atoms with van der Waals surface area (Å²) in [6, 6.07) is 10.2. The van der Waals surface area contributed by atoms with Gasteiger partial charge in [-0.1, -0.05) is 12.1 Å². The zero-order chi connectivity index (χ0) is 17.4. The summed E-state index contributed by atoms with van der Waals surface area (Å²) >= 11 is 0. The van der Waals surface area contributed by atoms with Crippen molar-refractivity contribution in [3.8, 4) is 0 Å². The molecule has 2 aromatic heterocycles. The summed E-state index contributed by atoms with van der Waals surface area (Å²) in [6.45, 7) is 4.22. The summed E-state index contributed by atoms with van der Waals surface area (Å²) in [5, 5.41) is 0. The number of carbonyl (C=O) groups is 1. The van der Waals surface area contributed by atoms with Crippen LogP contribution in [0.5, 0.6) is 0 Å². The van der Waals surface area contributed by atoms with Gasteiger partial charge in [-0.15, -0.1) is 0 Å². The third-order valence-corrected chi connectivity index (χ3v) is 4.51. The van der Waals surface area contributed by atoms with E-state index in [0.717, 1.165) is 11.1 Å². The first-order valence-corrected chi connectivity index (χ1v) is 8.49. The molecule has 1 aliphatic carbocycles. The van der Waals surface area contributed by atoms with Gasteiger partial charge >= 0.3 is 5.97 Å². The van der Waals surface area contributed by atoms with Gasteiger partial charge < -0.3 is 13.7 Å². The van der Waals surface area contributed by atoms with Crippen molar-refractivity contribution in [3.63, 3.8) is 0 Å². The number of ether oxygens (including phenoxy) is 1. The minimum absolute atomic E-state index is 0.0267. The molecule has 0 N–H and O–H groups in total.